The number of ketones is 1. The minimum Gasteiger partial charge on any atom is -0.298 e. The molecule has 0 aromatic heterocycles. The van der Waals surface area contributed by atoms with Gasteiger partial charge in [-0.2, -0.15) is 0 Å². The lowest BCUT2D eigenvalue weighted by atomic mass is 9.90. The molecule has 1 heterocycles. The van der Waals surface area contributed by atoms with Crippen LogP contribution in [0.1, 0.15) is 28.8 Å². The van der Waals surface area contributed by atoms with Gasteiger partial charge in [0.15, 0.2) is 5.78 Å². The number of Topliss-reactive ketones (excluding diaryl/α,β-unsaturated/α-hetero) is 1. The molecule has 2 aromatic rings. The van der Waals surface area contributed by atoms with E-state index in [9.17, 15) is 4.79 Å². The fourth-order valence-corrected chi connectivity index (χ4v) is 3.23. The average Bonchev–Trinajstić information content (AvgIpc) is 2.56. The molecule has 1 aliphatic rings. The van der Waals surface area contributed by atoms with Gasteiger partial charge in [0.1, 0.15) is 0 Å². The molecule has 1 fully saturated rings. The molecule has 22 heavy (non-hydrogen) atoms. The smallest absolute Gasteiger partial charge is 0.167 e. The monoisotopic (exact) mass is 313 g/mol. The minimum atomic E-state index is 0.0960. The molecule has 0 radical (unpaired) electrons. The van der Waals surface area contributed by atoms with Crippen LogP contribution >= 0.6 is 11.6 Å². The largest absolute Gasteiger partial charge is 0.298 e. The van der Waals surface area contributed by atoms with Crippen LogP contribution in [0.4, 0.5) is 0 Å². The molecule has 1 unspecified atom stereocenters. The van der Waals surface area contributed by atoms with Crippen LogP contribution in [-0.2, 0) is 6.54 Å². The number of hydrogen-bond donors (Lipinski definition) is 0. The summed E-state index contributed by atoms with van der Waals surface area (Å²) >= 11 is 5.90. The molecule has 1 aliphatic heterocycles. The molecule has 3 rings (SSSR count). The first-order chi connectivity index (χ1) is 10.7. The van der Waals surface area contributed by atoms with Crippen LogP contribution in [0.2, 0.25) is 5.02 Å². The van der Waals surface area contributed by atoms with Crippen molar-refractivity contribution < 1.29 is 4.79 Å². The van der Waals surface area contributed by atoms with Crippen molar-refractivity contribution in [3.8, 4) is 0 Å². The molecule has 3 heteroatoms. The highest BCUT2D eigenvalue weighted by Gasteiger charge is 2.26. The Morgan fingerprint density at radius 1 is 1.09 bits per heavy atom. The highest BCUT2D eigenvalue weighted by molar-refractivity contribution is 6.30. The lowest BCUT2D eigenvalue weighted by Crippen LogP contribution is -2.38. The Labute approximate surface area is 136 Å². The Morgan fingerprint density at radius 3 is 2.55 bits per heavy atom. The van der Waals surface area contributed by atoms with Crippen molar-refractivity contribution in [3.63, 3.8) is 0 Å². The molecule has 1 atom stereocenters. The Balaban J connectivity index is 1.65. The van der Waals surface area contributed by atoms with Crippen LogP contribution in [0.3, 0.4) is 0 Å². The molecule has 114 valence electrons. The van der Waals surface area contributed by atoms with Crippen molar-refractivity contribution in [2.45, 2.75) is 19.4 Å². The number of hydrogen-bond acceptors (Lipinski definition) is 2. The average molecular weight is 314 g/mol. The Bertz CT molecular complexity index is 624. The van der Waals surface area contributed by atoms with Gasteiger partial charge in [-0.05, 0) is 49.2 Å². The number of carbonyl (C=O) groups is 1. The summed E-state index contributed by atoms with van der Waals surface area (Å²) in [4.78, 5) is 15.0. The summed E-state index contributed by atoms with van der Waals surface area (Å²) in [7, 11) is 0. The highest BCUT2D eigenvalue weighted by Crippen LogP contribution is 2.23. The molecule has 0 bridgehead atoms. The second kappa shape index (κ2) is 7.08. The van der Waals surface area contributed by atoms with Crippen LogP contribution < -0.4 is 0 Å². The molecule has 2 nitrogen and oxygen atoms in total. The summed E-state index contributed by atoms with van der Waals surface area (Å²) in [5.74, 6) is 0.341. The van der Waals surface area contributed by atoms with E-state index >= 15 is 0 Å². The predicted molar refractivity (Wildman–Crippen MR) is 90.2 cm³/mol. The zero-order valence-electron chi connectivity index (χ0n) is 12.5. The zero-order valence-corrected chi connectivity index (χ0v) is 13.3. The van der Waals surface area contributed by atoms with Gasteiger partial charge in [-0.1, -0.05) is 41.9 Å². The first-order valence-electron chi connectivity index (χ1n) is 7.78. The number of nitrogens with zero attached hydrogens (tertiary/aromatic N) is 1. The van der Waals surface area contributed by atoms with Crippen molar-refractivity contribution in [2.75, 3.05) is 13.1 Å². The fourth-order valence-electron chi connectivity index (χ4n) is 3.10. The first-order valence-corrected chi connectivity index (χ1v) is 8.16. The Morgan fingerprint density at radius 2 is 1.82 bits per heavy atom. The SMILES string of the molecule is O=C(c1ccc(Cl)cc1)C1CCCN(Cc2ccccc2)C1. The van der Waals surface area contributed by atoms with E-state index in [-0.39, 0.29) is 11.7 Å². The molecule has 0 amide bonds. The summed E-state index contributed by atoms with van der Waals surface area (Å²) in [6.07, 6.45) is 2.06. The van der Waals surface area contributed by atoms with Gasteiger partial charge in [-0.3, -0.25) is 9.69 Å². The normalized spacial score (nSPS) is 19.0. The summed E-state index contributed by atoms with van der Waals surface area (Å²) in [6, 6.07) is 17.7. The molecule has 0 saturated carbocycles. The molecule has 1 saturated heterocycles. The van der Waals surface area contributed by atoms with Gasteiger partial charge in [0.05, 0.1) is 0 Å². The highest BCUT2D eigenvalue weighted by atomic mass is 35.5. The van der Waals surface area contributed by atoms with Crippen LogP contribution in [0, 0.1) is 5.92 Å². The van der Waals surface area contributed by atoms with Gasteiger partial charge in [0.25, 0.3) is 0 Å². The van der Waals surface area contributed by atoms with Crippen LogP contribution in [-0.4, -0.2) is 23.8 Å². The Kier molecular flexibility index (Phi) is 4.91. The number of halogens is 1. The number of rotatable bonds is 4. The maximum absolute atomic E-state index is 12.6. The van der Waals surface area contributed by atoms with Gasteiger partial charge < -0.3 is 0 Å². The quantitative estimate of drug-likeness (QED) is 0.778. The van der Waals surface area contributed by atoms with Gasteiger partial charge >= 0.3 is 0 Å². The fraction of sp³-hybridized carbons (Fsp3) is 0.316. The van der Waals surface area contributed by atoms with Crippen molar-refractivity contribution in [1.82, 2.24) is 4.90 Å². The van der Waals surface area contributed by atoms with Crippen molar-refractivity contribution in [3.05, 3.63) is 70.7 Å². The third kappa shape index (κ3) is 3.76. The number of piperidine rings is 1. The lowest BCUT2D eigenvalue weighted by molar-refractivity contribution is 0.0811. The van der Waals surface area contributed by atoms with E-state index < -0.39 is 0 Å². The zero-order chi connectivity index (χ0) is 15.4. The van der Waals surface area contributed by atoms with Crippen molar-refractivity contribution in [1.29, 1.82) is 0 Å². The second-order valence-corrected chi connectivity index (χ2v) is 6.37. The number of carbonyl (C=O) groups excluding carboxylic acids is 1. The molecule has 0 N–H and O–H groups in total. The topological polar surface area (TPSA) is 20.3 Å². The number of benzene rings is 2. The third-order valence-electron chi connectivity index (χ3n) is 4.25. The maximum Gasteiger partial charge on any atom is 0.167 e. The van der Waals surface area contributed by atoms with Crippen LogP contribution in [0.5, 0.6) is 0 Å². The molecular formula is C19H20ClNO. The van der Waals surface area contributed by atoms with Crippen LogP contribution in [0.15, 0.2) is 54.6 Å². The summed E-state index contributed by atoms with van der Waals surface area (Å²) < 4.78 is 0. The van der Waals surface area contributed by atoms with Gasteiger partial charge in [0.2, 0.25) is 0 Å². The van der Waals surface area contributed by atoms with E-state index in [1.54, 1.807) is 12.1 Å². The first kappa shape index (κ1) is 15.3. The summed E-state index contributed by atoms with van der Waals surface area (Å²) in [6.45, 7) is 2.83. The van der Waals surface area contributed by atoms with E-state index in [2.05, 4.69) is 29.2 Å². The molecule has 0 spiro atoms. The van der Waals surface area contributed by atoms with Crippen molar-refractivity contribution >= 4 is 17.4 Å². The summed E-state index contributed by atoms with van der Waals surface area (Å²) in [5.41, 5.74) is 2.08. The Hall–Kier alpha value is -1.64. The second-order valence-electron chi connectivity index (χ2n) is 5.93. The number of likely N-dealkylation sites (tertiary alicyclic amines) is 1. The van der Waals surface area contributed by atoms with E-state index in [4.69, 9.17) is 11.6 Å². The standard InChI is InChI=1S/C19H20ClNO/c20-18-10-8-16(9-11-18)19(22)17-7-4-12-21(14-17)13-15-5-2-1-3-6-15/h1-3,5-6,8-11,17H,4,7,12-14H2. The van der Waals surface area contributed by atoms with Gasteiger partial charge in [0, 0.05) is 29.6 Å². The lowest BCUT2D eigenvalue weighted by Gasteiger charge is -2.32. The summed E-state index contributed by atoms with van der Waals surface area (Å²) in [5, 5.41) is 0.672. The van der Waals surface area contributed by atoms with E-state index in [1.165, 1.54) is 5.56 Å². The van der Waals surface area contributed by atoms with Gasteiger partial charge in [-0.15, -0.1) is 0 Å². The molecular weight excluding hydrogens is 294 g/mol. The maximum atomic E-state index is 12.6. The minimum absolute atomic E-state index is 0.0960. The van der Waals surface area contributed by atoms with E-state index in [1.807, 2.05) is 18.2 Å². The van der Waals surface area contributed by atoms with Gasteiger partial charge in [-0.25, -0.2) is 0 Å². The van der Waals surface area contributed by atoms with E-state index in [0.717, 1.165) is 38.0 Å². The van der Waals surface area contributed by atoms with Crippen molar-refractivity contribution in [2.24, 2.45) is 5.92 Å². The molecule has 2 aromatic carbocycles. The van der Waals surface area contributed by atoms with E-state index in [0.29, 0.717) is 5.02 Å². The van der Waals surface area contributed by atoms with Crippen LogP contribution in [0.25, 0.3) is 0 Å². The molecule has 0 aliphatic carbocycles. The predicted octanol–water partition coefficient (Wildman–Crippen LogP) is 4.43. The third-order valence-corrected chi connectivity index (χ3v) is 4.51.